The van der Waals surface area contributed by atoms with Crippen LogP contribution in [0, 0.1) is 11.6 Å². The Bertz CT molecular complexity index is 384. The smallest absolute Gasteiger partial charge is 0.130 e. The molecule has 1 N–H and O–H groups in total. The molecule has 1 aromatic carbocycles. The van der Waals surface area contributed by atoms with Gasteiger partial charge in [0.25, 0.3) is 0 Å². The number of hydrogen-bond acceptors (Lipinski definition) is 2. The Hall–Kier alpha value is -0.810. The minimum atomic E-state index is -0.864. The van der Waals surface area contributed by atoms with E-state index in [1.165, 1.54) is 12.1 Å². The predicted octanol–water partition coefficient (Wildman–Crippen LogP) is 1.99. The molecule has 0 amide bonds. The Balaban J connectivity index is 2.58. The molecule has 0 bridgehead atoms. The molecule has 0 aliphatic rings. The molecule has 0 heterocycles. The van der Waals surface area contributed by atoms with Crippen molar-refractivity contribution in [3.05, 3.63) is 35.4 Å². The van der Waals surface area contributed by atoms with Gasteiger partial charge in [0.2, 0.25) is 0 Å². The highest BCUT2D eigenvalue weighted by molar-refractivity contribution is 7.84. The number of nitrogens with one attached hydrogen (secondary N) is 1. The molecular weight excluding hydrogens is 232 g/mol. The SMILES string of the molecule is CC(NCCS(C)=O)c1ccc(F)cc1F. The van der Waals surface area contributed by atoms with E-state index in [9.17, 15) is 13.0 Å². The zero-order valence-electron chi connectivity index (χ0n) is 9.30. The van der Waals surface area contributed by atoms with Crippen molar-refractivity contribution in [1.82, 2.24) is 5.32 Å². The lowest BCUT2D eigenvalue weighted by atomic mass is 10.1. The van der Waals surface area contributed by atoms with E-state index >= 15 is 0 Å². The summed E-state index contributed by atoms with van der Waals surface area (Å²) in [5.41, 5.74) is 0.420. The topological polar surface area (TPSA) is 29.1 Å². The average Bonchev–Trinajstić information content (AvgIpc) is 2.16. The molecule has 0 aromatic heterocycles. The highest BCUT2D eigenvalue weighted by Crippen LogP contribution is 2.17. The van der Waals surface area contributed by atoms with Crippen LogP contribution in [0.5, 0.6) is 0 Å². The zero-order chi connectivity index (χ0) is 12.1. The minimum absolute atomic E-state index is 0.218. The fourth-order valence-corrected chi connectivity index (χ4v) is 1.79. The van der Waals surface area contributed by atoms with Gasteiger partial charge < -0.3 is 5.32 Å². The highest BCUT2D eigenvalue weighted by atomic mass is 32.2. The summed E-state index contributed by atoms with van der Waals surface area (Å²) in [6, 6.07) is 3.30. The van der Waals surface area contributed by atoms with Gasteiger partial charge in [-0.3, -0.25) is 4.21 Å². The van der Waals surface area contributed by atoms with Crippen LogP contribution in [-0.2, 0) is 10.8 Å². The van der Waals surface area contributed by atoms with Gasteiger partial charge in [-0.1, -0.05) is 6.07 Å². The maximum atomic E-state index is 13.3. The quantitative estimate of drug-likeness (QED) is 0.862. The second-order valence-corrected chi connectivity index (χ2v) is 5.17. The van der Waals surface area contributed by atoms with Crippen LogP contribution < -0.4 is 5.32 Å². The van der Waals surface area contributed by atoms with Crippen LogP contribution >= 0.6 is 0 Å². The summed E-state index contributed by atoms with van der Waals surface area (Å²) in [5.74, 6) is -0.617. The second kappa shape index (κ2) is 6.06. The van der Waals surface area contributed by atoms with Crippen molar-refractivity contribution in [3.8, 4) is 0 Å². The number of hydrogen-bond donors (Lipinski definition) is 1. The molecule has 2 nitrogen and oxygen atoms in total. The van der Waals surface area contributed by atoms with E-state index in [-0.39, 0.29) is 6.04 Å². The lowest BCUT2D eigenvalue weighted by Crippen LogP contribution is -2.24. The molecule has 0 saturated carbocycles. The van der Waals surface area contributed by atoms with Gasteiger partial charge in [-0.05, 0) is 13.0 Å². The molecule has 1 rings (SSSR count). The highest BCUT2D eigenvalue weighted by Gasteiger charge is 2.10. The van der Waals surface area contributed by atoms with Crippen LogP contribution in [0.15, 0.2) is 18.2 Å². The second-order valence-electron chi connectivity index (χ2n) is 3.62. The van der Waals surface area contributed by atoms with E-state index in [4.69, 9.17) is 0 Å². The lowest BCUT2D eigenvalue weighted by molar-refractivity contribution is 0.528. The number of rotatable bonds is 5. The van der Waals surface area contributed by atoms with E-state index in [1.807, 2.05) is 0 Å². The first-order valence-electron chi connectivity index (χ1n) is 4.99. The third-order valence-corrected chi connectivity index (χ3v) is 3.05. The van der Waals surface area contributed by atoms with Crippen LogP contribution in [0.2, 0.25) is 0 Å². The summed E-state index contributed by atoms with van der Waals surface area (Å²) >= 11 is 0. The molecule has 0 fully saturated rings. The summed E-state index contributed by atoms with van der Waals surface area (Å²) in [6.45, 7) is 2.33. The molecule has 90 valence electrons. The van der Waals surface area contributed by atoms with Crippen molar-refractivity contribution in [2.75, 3.05) is 18.6 Å². The molecule has 2 atom stereocenters. The molecule has 2 unspecified atom stereocenters. The third kappa shape index (κ3) is 3.98. The first-order valence-corrected chi connectivity index (χ1v) is 6.72. The van der Waals surface area contributed by atoms with Crippen LogP contribution in [0.25, 0.3) is 0 Å². The van der Waals surface area contributed by atoms with Crippen molar-refractivity contribution >= 4 is 10.8 Å². The van der Waals surface area contributed by atoms with Crippen molar-refractivity contribution in [2.45, 2.75) is 13.0 Å². The maximum Gasteiger partial charge on any atom is 0.130 e. The van der Waals surface area contributed by atoms with Crippen molar-refractivity contribution in [2.24, 2.45) is 0 Å². The van der Waals surface area contributed by atoms with Crippen LogP contribution in [-0.4, -0.2) is 22.8 Å². The molecule has 1 aromatic rings. The van der Waals surface area contributed by atoms with E-state index < -0.39 is 22.4 Å². The fraction of sp³-hybridized carbons (Fsp3) is 0.455. The van der Waals surface area contributed by atoms with E-state index in [2.05, 4.69) is 5.32 Å². The van der Waals surface area contributed by atoms with Gasteiger partial charge in [0.05, 0.1) is 0 Å². The largest absolute Gasteiger partial charge is 0.309 e. The average molecular weight is 247 g/mol. The Morgan fingerprint density at radius 3 is 2.69 bits per heavy atom. The summed E-state index contributed by atoms with van der Waals surface area (Å²) < 4.78 is 36.8. The molecular formula is C11H15F2NOS. The molecule has 0 spiro atoms. The standard InChI is InChI=1S/C11H15F2NOS/c1-8(14-5-6-16(2)15)10-4-3-9(12)7-11(10)13/h3-4,7-8,14H,5-6H2,1-2H3. The molecule has 0 aliphatic carbocycles. The lowest BCUT2D eigenvalue weighted by Gasteiger charge is -2.14. The first kappa shape index (κ1) is 13.3. The zero-order valence-corrected chi connectivity index (χ0v) is 10.1. The van der Waals surface area contributed by atoms with Gasteiger partial charge in [-0.15, -0.1) is 0 Å². The number of benzene rings is 1. The Labute approximate surface area is 96.5 Å². The molecule has 0 aliphatic heterocycles. The van der Waals surface area contributed by atoms with Gasteiger partial charge in [0, 0.05) is 47.0 Å². The van der Waals surface area contributed by atoms with Gasteiger partial charge in [-0.2, -0.15) is 0 Å². The molecule has 16 heavy (non-hydrogen) atoms. The van der Waals surface area contributed by atoms with Crippen LogP contribution in [0.3, 0.4) is 0 Å². The summed E-state index contributed by atoms with van der Waals surface area (Å²) in [5, 5.41) is 3.04. The van der Waals surface area contributed by atoms with Crippen molar-refractivity contribution < 1.29 is 13.0 Å². The third-order valence-electron chi connectivity index (χ3n) is 2.27. The molecule has 5 heteroatoms. The molecule has 0 saturated heterocycles. The van der Waals surface area contributed by atoms with Crippen LogP contribution in [0.1, 0.15) is 18.5 Å². The Morgan fingerprint density at radius 2 is 2.12 bits per heavy atom. The fourth-order valence-electron chi connectivity index (χ4n) is 1.38. The van der Waals surface area contributed by atoms with Crippen LogP contribution in [0.4, 0.5) is 8.78 Å². The van der Waals surface area contributed by atoms with E-state index in [0.717, 1.165) is 6.07 Å². The normalized spacial score (nSPS) is 14.8. The van der Waals surface area contributed by atoms with Gasteiger partial charge in [0.1, 0.15) is 11.6 Å². The van der Waals surface area contributed by atoms with Crippen molar-refractivity contribution in [3.63, 3.8) is 0 Å². The van der Waals surface area contributed by atoms with Gasteiger partial charge >= 0.3 is 0 Å². The van der Waals surface area contributed by atoms with Gasteiger partial charge in [-0.25, -0.2) is 8.78 Å². The summed E-state index contributed by atoms with van der Waals surface area (Å²) in [4.78, 5) is 0. The maximum absolute atomic E-state index is 13.3. The van der Waals surface area contributed by atoms with E-state index in [1.54, 1.807) is 13.2 Å². The van der Waals surface area contributed by atoms with E-state index in [0.29, 0.717) is 17.9 Å². The monoisotopic (exact) mass is 247 g/mol. The predicted molar refractivity (Wildman–Crippen MR) is 61.7 cm³/mol. The minimum Gasteiger partial charge on any atom is -0.309 e. The summed E-state index contributed by atoms with van der Waals surface area (Å²) in [7, 11) is -0.864. The summed E-state index contributed by atoms with van der Waals surface area (Å²) in [6.07, 6.45) is 1.62. The van der Waals surface area contributed by atoms with Crippen molar-refractivity contribution in [1.29, 1.82) is 0 Å². The molecule has 0 radical (unpaired) electrons. The first-order chi connectivity index (χ1) is 7.50. The Morgan fingerprint density at radius 1 is 1.44 bits per heavy atom. The number of halogens is 2. The van der Waals surface area contributed by atoms with Gasteiger partial charge in [0.15, 0.2) is 0 Å². The Kier molecular flexibility index (Phi) is 5.02.